The average molecular weight is 325 g/mol. The minimum atomic E-state index is -3.23. The largest absolute Gasteiger partial charge is 0.491 e. The molecule has 2 aliphatic rings. The highest BCUT2D eigenvalue weighted by Crippen LogP contribution is 2.40. The van der Waals surface area contributed by atoms with Crippen LogP contribution in [0, 0.1) is 0 Å². The van der Waals surface area contributed by atoms with Gasteiger partial charge in [0, 0.05) is 6.61 Å². The van der Waals surface area contributed by atoms with E-state index in [4.69, 9.17) is 9.47 Å². The second-order valence-electron chi connectivity index (χ2n) is 6.20. The third kappa shape index (κ3) is 4.44. The van der Waals surface area contributed by atoms with E-state index in [1.54, 1.807) is 0 Å². The van der Waals surface area contributed by atoms with E-state index in [2.05, 4.69) is 16.9 Å². The molecule has 0 aromatic heterocycles. The molecular formula is C16H23NO4S. The standard InChI is InChI=1S/C16H23NO4S/c1-22(18,19)17-15-3-2-10-20-16(15)11-21-14-8-6-13(7-9-14)12-4-5-12/h6-9,12,15-17H,2-5,10-11H2,1H3/t15-,16+/m0/s1. The molecule has 1 aromatic rings. The van der Waals surface area contributed by atoms with Gasteiger partial charge < -0.3 is 9.47 Å². The Morgan fingerprint density at radius 3 is 2.59 bits per heavy atom. The van der Waals surface area contributed by atoms with Crippen molar-refractivity contribution in [1.82, 2.24) is 4.72 Å². The molecule has 0 amide bonds. The predicted molar refractivity (Wildman–Crippen MR) is 84.7 cm³/mol. The van der Waals surface area contributed by atoms with Gasteiger partial charge in [-0.15, -0.1) is 0 Å². The van der Waals surface area contributed by atoms with Gasteiger partial charge in [0.15, 0.2) is 0 Å². The zero-order valence-electron chi connectivity index (χ0n) is 12.8. The summed E-state index contributed by atoms with van der Waals surface area (Å²) in [5, 5.41) is 0. The van der Waals surface area contributed by atoms with E-state index in [-0.39, 0.29) is 12.1 Å². The number of rotatable bonds is 6. The maximum Gasteiger partial charge on any atom is 0.209 e. The molecule has 1 aliphatic heterocycles. The lowest BCUT2D eigenvalue weighted by Crippen LogP contribution is -2.49. The highest BCUT2D eigenvalue weighted by molar-refractivity contribution is 7.88. The average Bonchev–Trinajstić information content (AvgIpc) is 3.30. The molecule has 0 unspecified atom stereocenters. The van der Waals surface area contributed by atoms with E-state index in [0.717, 1.165) is 24.5 Å². The first-order valence-corrected chi connectivity index (χ1v) is 9.72. The van der Waals surface area contributed by atoms with Crippen LogP contribution in [-0.4, -0.2) is 40.0 Å². The minimum Gasteiger partial charge on any atom is -0.491 e. The first-order chi connectivity index (χ1) is 10.5. The van der Waals surface area contributed by atoms with E-state index in [0.29, 0.717) is 13.2 Å². The van der Waals surface area contributed by atoms with Crippen LogP contribution in [0.5, 0.6) is 5.75 Å². The van der Waals surface area contributed by atoms with Crippen LogP contribution in [0.2, 0.25) is 0 Å². The van der Waals surface area contributed by atoms with Gasteiger partial charge >= 0.3 is 0 Å². The van der Waals surface area contributed by atoms with E-state index < -0.39 is 10.0 Å². The molecule has 6 heteroatoms. The van der Waals surface area contributed by atoms with Crippen molar-refractivity contribution in [2.45, 2.75) is 43.7 Å². The van der Waals surface area contributed by atoms with Gasteiger partial charge in [-0.2, -0.15) is 0 Å². The molecule has 1 saturated heterocycles. The molecule has 1 N–H and O–H groups in total. The summed E-state index contributed by atoms with van der Waals surface area (Å²) in [5.41, 5.74) is 1.37. The number of ether oxygens (including phenoxy) is 2. The molecule has 1 saturated carbocycles. The molecular weight excluding hydrogens is 302 g/mol. The highest BCUT2D eigenvalue weighted by Gasteiger charge is 2.29. The van der Waals surface area contributed by atoms with Gasteiger partial charge in [0.25, 0.3) is 0 Å². The summed E-state index contributed by atoms with van der Waals surface area (Å²) >= 11 is 0. The molecule has 122 valence electrons. The van der Waals surface area contributed by atoms with Crippen molar-refractivity contribution >= 4 is 10.0 Å². The van der Waals surface area contributed by atoms with Crippen LogP contribution in [0.15, 0.2) is 24.3 Å². The summed E-state index contributed by atoms with van der Waals surface area (Å²) < 4.78 is 36.9. The maximum absolute atomic E-state index is 11.4. The fourth-order valence-electron chi connectivity index (χ4n) is 2.85. The molecule has 0 radical (unpaired) electrons. The smallest absolute Gasteiger partial charge is 0.209 e. The molecule has 0 spiro atoms. The minimum absolute atomic E-state index is 0.213. The maximum atomic E-state index is 11.4. The Labute approximate surface area is 132 Å². The highest BCUT2D eigenvalue weighted by atomic mass is 32.2. The van der Waals surface area contributed by atoms with E-state index in [9.17, 15) is 8.42 Å². The van der Waals surface area contributed by atoms with Crippen LogP contribution in [-0.2, 0) is 14.8 Å². The predicted octanol–water partition coefficient (Wildman–Crippen LogP) is 2.04. The molecule has 2 fully saturated rings. The van der Waals surface area contributed by atoms with Crippen molar-refractivity contribution < 1.29 is 17.9 Å². The van der Waals surface area contributed by atoms with Gasteiger partial charge in [0.2, 0.25) is 10.0 Å². The summed E-state index contributed by atoms with van der Waals surface area (Å²) in [7, 11) is -3.23. The van der Waals surface area contributed by atoms with Crippen LogP contribution in [0.4, 0.5) is 0 Å². The Kier molecular flexibility index (Phi) is 4.70. The van der Waals surface area contributed by atoms with Crippen LogP contribution in [0.25, 0.3) is 0 Å². The van der Waals surface area contributed by atoms with Gasteiger partial charge in [-0.3, -0.25) is 0 Å². The van der Waals surface area contributed by atoms with Gasteiger partial charge in [-0.1, -0.05) is 12.1 Å². The first-order valence-electron chi connectivity index (χ1n) is 7.83. The van der Waals surface area contributed by atoms with Gasteiger partial charge in [0.1, 0.15) is 18.5 Å². The third-order valence-electron chi connectivity index (χ3n) is 4.15. The van der Waals surface area contributed by atoms with Crippen LogP contribution in [0.1, 0.15) is 37.2 Å². The fraction of sp³-hybridized carbons (Fsp3) is 0.625. The number of nitrogens with one attached hydrogen (secondary N) is 1. The molecule has 5 nitrogen and oxygen atoms in total. The first kappa shape index (κ1) is 15.8. The monoisotopic (exact) mass is 325 g/mol. The molecule has 1 aromatic carbocycles. The SMILES string of the molecule is CS(=O)(=O)N[C@H]1CCCO[C@@H]1COc1ccc(C2CC2)cc1. The van der Waals surface area contributed by atoms with Gasteiger partial charge in [-0.05, 0) is 49.3 Å². The zero-order chi connectivity index (χ0) is 15.6. The lowest BCUT2D eigenvalue weighted by molar-refractivity contribution is -0.0278. The molecule has 1 heterocycles. The topological polar surface area (TPSA) is 64.6 Å². The Hall–Kier alpha value is -1.11. The Morgan fingerprint density at radius 2 is 1.95 bits per heavy atom. The summed E-state index contributed by atoms with van der Waals surface area (Å²) in [5.74, 6) is 1.54. The number of hydrogen-bond acceptors (Lipinski definition) is 4. The van der Waals surface area contributed by atoms with Crippen LogP contribution >= 0.6 is 0 Å². The summed E-state index contributed by atoms with van der Waals surface area (Å²) in [6.07, 6.45) is 5.15. The number of benzene rings is 1. The molecule has 1 aliphatic carbocycles. The second-order valence-corrected chi connectivity index (χ2v) is 7.98. The molecule has 2 atom stereocenters. The molecule has 3 rings (SSSR count). The van der Waals surface area contributed by atoms with Crippen LogP contribution < -0.4 is 9.46 Å². The fourth-order valence-corrected chi connectivity index (χ4v) is 3.66. The van der Waals surface area contributed by atoms with Crippen molar-refractivity contribution in [2.75, 3.05) is 19.5 Å². The summed E-state index contributed by atoms with van der Waals surface area (Å²) in [6.45, 7) is 1.01. The van der Waals surface area contributed by atoms with Gasteiger partial charge in [0.05, 0.1) is 12.3 Å². The third-order valence-corrected chi connectivity index (χ3v) is 4.88. The lowest BCUT2D eigenvalue weighted by Gasteiger charge is -2.31. The Morgan fingerprint density at radius 1 is 1.23 bits per heavy atom. The van der Waals surface area contributed by atoms with Crippen molar-refractivity contribution in [3.05, 3.63) is 29.8 Å². The van der Waals surface area contributed by atoms with Crippen molar-refractivity contribution in [3.8, 4) is 5.75 Å². The summed E-state index contributed by atoms with van der Waals surface area (Å²) in [6, 6.07) is 7.97. The molecule has 0 bridgehead atoms. The van der Waals surface area contributed by atoms with E-state index >= 15 is 0 Å². The summed E-state index contributed by atoms with van der Waals surface area (Å²) in [4.78, 5) is 0. The second kappa shape index (κ2) is 6.56. The van der Waals surface area contributed by atoms with Crippen LogP contribution in [0.3, 0.4) is 0 Å². The van der Waals surface area contributed by atoms with Crippen molar-refractivity contribution in [1.29, 1.82) is 0 Å². The van der Waals surface area contributed by atoms with Crippen molar-refractivity contribution in [2.24, 2.45) is 0 Å². The van der Waals surface area contributed by atoms with E-state index in [1.165, 1.54) is 24.7 Å². The quantitative estimate of drug-likeness (QED) is 0.869. The Balaban J connectivity index is 1.55. The Bertz CT molecular complexity index is 595. The normalized spacial score (nSPS) is 25.9. The number of sulfonamides is 1. The zero-order valence-corrected chi connectivity index (χ0v) is 13.6. The van der Waals surface area contributed by atoms with Gasteiger partial charge in [-0.25, -0.2) is 13.1 Å². The lowest BCUT2D eigenvalue weighted by atomic mass is 10.0. The van der Waals surface area contributed by atoms with Crippen molar-refractivity contribution in [3.63, 3.8) is 0 Å². The molecule has 22 heavy (non-hydrogen) atoms. The van der Waals surface area contributed by atoms with E-state index in [1.807, 2.05) is 12.1 Å². The number of hydrogen-bond donors (Lipinski definition) is 1.